The van der Waals surface area contributed by atoms with Gasteiger partial charge in [0.05, 0.1) is 26.4 Å². The van der Waals surface area contributed by atoms with Gasteiger partial charge in [-0.15, -0.1) is 0 Å². The van der Waals surface area contributed by atoms with Gasteiger partial charge in [0, 0.05) is 17.8 Å². The first-order valence-corrected chi connectivity index (χ1v) is 10.6. The summed E-state index contributed by atoms with van der Waals surface area (Å²) in [6, 6.07) is 7.23. The van der Waals surface area contributed by atoms with Gasteiger partial charge in [-0.1, -0.05) is 34.8 Å². The summed E-state index contributed by atoms with van der Waals surface area (Å²) in [7, 11) is -3.94. The molecule has 0 saturated carbocycles. The van der Waals surface area contributed by atoms with Crippen LogP contribution >= 0.6 is 34.8 Å². The predicted molar refractivity (Wildman–Crippen MR) is 113 cm³/mol. The Morgan fingerprint density at radius 2 is 1.48 bits per heavy atom. The number of nitro benzene ring substituents is 2. The summed E-state index contributed by atoms with van der Waals surface area (Å²) in [5.74, 6) is -1.02. The average molecular weight is 513 g/mol. The molecule has 0 aromatic heterocycles. The fourth-order valence-corrected chi connectivity index (χ4v) is 3.10. The molecule has 2 rings (SSSR count). The first kappa shape index (κ1) is 24.6. The van der Waals surface area contributed by atoms with Crippen molar-refractivity contribution >= 4 is 67.8 Å². The second-order valence-electron chi connectivity index (χ2n) is 5.91. The van der Waals surface area contributed by atoms with E-state index in [0.717, 1.165) is 12.1 Å². The Morgan fingerprint density at radius 1 is 1.00 bits per heavy atom. The van der Waals surface area contributed by atoms with Crippen molar-refractivity contribution in [3.63, 3.8) is 0 Å². The first-order valence-electron chi connectivity index (χ1n) is 7.89. The second-order valence-corrected chi connectivity index (χ2v) is 9.84. The molecule has 12 nitrogen and oxygen atoms in total. The summed E-state index contributed by atoms with van der Waals surface area (Å²) in [5, 5.41) is 31.9. The number of alkyl halides is 3. The molecule has 0 heterocycles. The minimum Gasteiger partial charge on any atom is -0.362 e. The van der Waals surface area contributed by atoms with Crippen LogP contribution in [0.15, 0.2) is 47.4 Å². The number of nitro groups is 2. The molecule has 0 saturated heterocycles. The maximum atomic E-state index is 12.6. The zero-order chi connectivity index (χ0) is 23.6. The fourth-order valence-electron chi connectivity index (χ4n) is 2.26. The molecule has 1 atom stereocenters. The molecule has 0 fully saturated rings. The van der Waals surface area contributed by atoms with E-state index in [4.69, 9.17) is 39.9 Å². The van der Waals surface area contributed by atoms with Crippen molar-refractivity contribution in [3.05, 3.63) is 68.3 Å². The van der Waals surface area contributed by atoms with E-state index in [1.807, 2.05) is 0 Å². The maximum Gasteiger partial charge on any atom is 0.277 e. The van der Waals surface area contributed by atoms with Crippen LogP contribution in [0, 0.1) is 20.2 Å². The number of primary sulfonamides is 1. The van der Waals surface area contributed by atoms with Gasteiger partial charge in [0.25, 0.3) is 17.3 Å². The van der Waals surface area contributed by atoms with E-state index in [1.54, 1.807) is 0 Å². The number of carbonyl (C=O) groups excluding carboxylic acids is 1. The topological polar surface area (TPSA) is 188 Å². The second kappa shape index (κ2) is 9.20. The van der Waals surface area contributed by atoms with E-state index in [9.17, 15) is 33.4 Å². The van der Waals surface area contributed by atoms with Gasteiger partial charge < -0.3 is 10.6 Å². The zero-order valence-corrected chi connectivity index (χ0v) is 18.1. The number of hydrogen-bond donors (Lipinski definition) is 3. The molecule has 4 N–H and O–H groups in total. The van der Waals surface area contributed by atoms with E-state index >= 15 is 0 Å². The third-order valence-corrected chi connectivity index (χ3v) is 5.27. The monoisotopic (exact) mass is 511 g/mol. The quantitative estimate of drug-likeness (QED) is 0.218. The molecule has 16 heteroatoms. The summed E-state index contributed by atoms with van der Waals surface area (Å²) in [4.78, 5) is 32.6. The van der Waals surface area contributed by atoms with Gasteiger partial charge in [0.15, 0.2) is 0 Å². The Balaban J connectivity index is 2.32. The van der Waals surface area contributed by atoms with Gasteiger partial charge in [-0.25, -0.2) is 13.6 Å². The van der Waals surface area contributed by atoms with E-state index < -0.39 is 52.7 Å². The number of hydrogen-bond acceptors (Lipinski definition) is 8. The van der Waals surface area contributed by atoms with E-state index in [0.29, 0.717) is 6.07 Å². The standard InChI is InChI=1S/C15H12Cl3N5O7S/c16-15(17,18)14(20-9-1-3-12(4-2-9)31(19,29)30)21-13(24)8-5-10(22(25)26)7-11(6-8)23(27)28/h1-7,14,20H,(H,21,24)(H2,19,29,30). The number of sulfonamides is 1. The lowest BCUT2D eigenvalue weighted by molar-refractivity contribution is -0.394. The lowest BCUT2D eigenvalue weighted by Crippen LogP contribution is -2.49. The third kappa shape index (κ3) is 6.63. The van der Waals surface area contributed by atoms with Gasteiger partial charge in [0.1, 0.15) is 6.17 Å². The van der Waals surface area contributed by atoms with Crippen molar-refractivity contribution in [2.24, 2.45) is 5.14 Å². The van der Waals surface area contributed by atoms with Crippen LogP contribution in [0.5, 0.6) is 0 Å². The van der Waals surface area contributed by atoms with Crippen molar-refractivity contribution in [2.75, 3.05) is 5.32 Å². The van der Waals surface area contributed by atoms with Crippen LogP contribution in [-0.2, 0) is 10.0 Å². The first-order chi connectivity index (χ1) is 14.2. The van der Waals surface area contributed by atoms with E-state index in [2.05, 4.69) is 10.6 Å². The molecule has 0 aliphatic heterocycles. The largest absolute Gasteiger partial charge is 0.362 e. The summed E-state index contributed by atoms with van der Waals surface area (Å²) >= 11 is 17.6. The number of anilines is 1. The zero-order valence-electron chi connectivity index (χ0n) is 15.0. The molecule has 1 amide bonds. The van der Waals surface area contributed by atoms with Gasteiger partial charge in [-0.2, -0.15) is 0 Å². The van der Waals surface area contributed by atoms with Crippen molar-refractivity contribution in [2.45, 2.75) is 14.9 Å². The number of carbonyl (C=O) groups is 1. The molecule has 0 aliphatic carbocycles. The Bertz CT molecular complexity index is 1100. The number of rotatable bonds is 7. The molecular formula is C15H12Cl3N5O7S. The molecule has 0 spiro atoms. The van der Waals surface area contributed by atoms with E-state index in [-0.39, 0.29) is 10.6 Å². The lowest BCUT2D eigenvalue weighted by Gasteiger charge is -2.27. The molecule has 0 bridgehead atoms. The van der Waals surface area contributed by atoms with Gasteiger partial charge >= 0.3 is 0 Å². The number of non-ortho nitro benzene ring substituents is 2. The van der Waals surface area contributed by atoms with Crippen LogP contribution in [-0.4, -0.2) is 34.1 Å². The summed E-state index contributed by atoms with van der Waals surface area (Å²) in [5.41, 5.74) is -1.58. The average Bonchev–Trinajstić information content (AvgIpc) is 2.65. The normalized spacial score (nSPS) is 12.6. The maximum absolute atomic E-state index is 12.6. The number of nitrogens with one attached hydrogen (secondary N) is 2. The van der Waals surface area contributed by atoms with Crippen LogP contribution in [0.4, 0.5) is 17.1 Å². The Labute approximate surface area is 189 Å². The van der Waals surface area contributed by atoms with Crippen LogP contribution in [0.25, 0.3) is 0 Å². The molecule has 2 aromatic carbocycles. The number of halogens is 3. The number of nitrogens with two attached hydrogens (primary N) is 1. The summed E-state index contributed by atoms with van der Waals surface area (Å²) in [6.07, 6.45) is -1.43. The van der Waals surface area contributed by atoms with Crippen molar-refractivity contribution in [1.29, 1.82) is 0 Å². The lowest BCUT2D eigenvalue weighted by atomic mass is 10.1. The van der Waals surface area contributed by atoms with Crippen LogP contribution < -0.4 is 15.8 Å². The SMILES string of the molecule is NS(=O)(=O)c1ccc(NC(NC(=O)c2cc([N+](=O)[O-])cc([N+](=O)[O-])c2)C(Cl)(Cl)Cl)cc1. The summed E-state index contributed by atoms with van der Waals surface area (Å²) in [6.45, 7) is 0. The molecule has 2 aromatic rings. The molecular weight excluding hydrogens is 501 g/mol. The van der Waals surface area contributed by atoms with Crippen LogP contribution in [0.3, 0.4) is 0 Å². The number of benzene rings is 2. The highest BCUT2D eigenvalue weighted by atomic mass is 35.6. The highest BCUT2D eigenvalue weighted by Gasteiger charge is 2.35. The summed E-state index contributed by atoms with van der Waals surface area (Å²) < 4.78 is 20.5. The van der Waals surface area contributed by atoms with E-state index in [1.165, 1.54) is 24.3 Å². The van der Waals surface area contributed by atoms with Crippen LogP contribution in [0.2, 0.25) is 0 Å². The third-order valence-electron chi connectivity index (χ3n) is 3.68. The Morgan fingerprint density at radius 3 is 1.87 bits per heavy atom. The highest BCUT2D eigenvalue weighted by Crippen LogP contribution is 2.32. The van der Waals surface area contributed by atoms with Crippen LogP contribution in [0.1, 0.15) is 10.4 Å². The smallest absolute Gasteiger partial charge is 0.277 e. The van der Waals surface area contributed by atoms with Crippen molar-refractivity contribution in [1.82, 2.24) is 5.32 Å². The molecule has 31 heavy (non-hydrogen) atoms. The fraction of sp³-hybridized carbons (Fsp3) is 0.133. The molecule has 1 unspecified atom stereocenters. The minimum absolute atomic E-state index is 0.184. The molecule has 0 radical (unpaired) electrons. The van der Waals surface area contributed by atoms with Gasteiger partial charge in [-0.05, 0) is 24.3 Å². The number of amides is 1. The predicted octanol–water partition coefficient (Wildman–Crippen LogP) is 2.69. The number of nitrogens with zero attached hydrogens (tertiary/aromatic N) is 2. The Kier molecular flexibility index (Phi) is 7.28. The Hall–Kier alpha value is -2.71. The van der Waals surface area contributed by atoms with Crippen molar-refractivity contribution < 1.29 is 23.1 Å². The van der Waals surface area contributed by atoms with Gasteiger partial charge in [0.2, 0.25) is 13.8 Å². The molecule has 0 aliphatic rings. The highest BCUT2D eigenvalue weighted by molar-refractivity contribution is 7.89. The van der Waals surface area contributed by atoms with Gasteiger partial charge in [-0.3, -0.25) is 25.0 Å². The minimum atomic E-state index is -3.94. The molecule has 166 valence electrons. The van der Waals surface area contributed by atoms with Crippen molar-refractivity contribution in [3.8, 4) is 0 Å².